The average molecular weight is 203 g/mol. The highest BCUT2D eigenvalue weighted by atomic mass is 19.1. The van der Waals surface area contributed by atoms with E-state index in [0.29, 0.717) is 6.54 Å². The van der Waals surface area contributed by atoms with Crippen molar-refractivity contribution in [1.29, 1.82) is 0 Å². The Morgan fingerprint density at radius 1 is 1.20 bits per heavy atom. The minimum Gasteiger partial charge on any atom is -0.350 e. The van der Waals surface area contributed by atoms with Crippen LogP contribution < -0.4 is 5.32 Å². The van der Waals surface area contributed by atoms with Crippen LogP contribution >= 0.6 is 0 Å². The van der Waals surface area contributed by atoms with Crippen LogP contribution in [0.4, 0.5) is 10.3 Å². The summed E-state index contributed by atoms with van der Waals surface area (Å²) in [6.07, 6.45) is 1.33. The quantitative estimate of drug-likeness (QED) is 0.819. The van der Waals surface area contributed by atoms with Gasteiger partial charge in [0.25, 0.3) is 0 Å². The first-order valence-corrected chi connectivity index (χ1v) is 4.40. The van der Waals surface area contributed by atoms with E-state index in [0.717, 1.165) is 5.56 Å². The summed E-state index contributed by atoms with van der Waals surface area (Å²) in [7, 11) is 0. The number of anilines is 1. The highest BCUT2D eigenvalue weighted by Gasteiger charge is 1.98. The van der Waals surface area contributed by atoms with Crippen LogP contribution in [0.3, 0.4) is 0 Å². The maximum Gasteiger partial charge on any atom is 0.314 e. The summed E-state index contributed by atoms with van der Waals surface area (Å²) in [5.74, 6) is 0.186. The molecule has 0 saturated carbocycles. The summed E-state index contributed by atoms with van der Waals surface area (Å²) < 4.78 is 12.6. The van der Waals surface area contributed by atoms with Crippen LogP contribution in [0.2, 0.25) is 0 Å². The van der Waals surface area contributed by atoms with Gasteiger partial charge in [-0.2, -0.15) is 19.3 Å². The number of benzene rings is 1. The van der Waals surface area contributed by atoms with Gasteiger partial charge in [-0.05, 0) is 5.56 Å². The van der Waals surface area contributed by atoms with Gasteiger partial charge in [-0.15, -0.1) is 0 Å². The molecular formula is C10H8FN4. The lowest BCUT2D eigenvalue weighted by Gasteiger charge is -2.03. The van der Waals surface area contributed by atoms with Crippen LogP contribution in [-0.2, 0) is 6.54 Å². The average Bonchev–Trinajstić information content (AvgIpc) is 2.28. The molecule has 0 fully saturated rings. The monoisotopic (exact) mass is 203 g/mol. The number of rotatable bonds is 3. The van der Waals surface area contributed by atoms with Gasteiger partial charge < -0.3 is 5.32 Å². The van der Waals surface area contributed by atoms with E-state index in [1.807, 2.05) is 30.3 Å². The van der Waals surface area contributed by atoms with E-state index in [1.165, 1.54) is 0 Å². The molecule has 1 aromatic heterocycles. The van der Waals surface area contributed by atoms with Crippen molar-refractivity contribution in [3.8, 4) is 0 Å². The van der Waals surface area contributed by atoms with Crippen molar-refractivity contribution >= 4 is 5.95 Å². The summed E-state index contributed by atoms with van der Waals surface area (Å²) in [6.45, 7) is 0.540. The third-order valence-electron chi connectivity index (χ3n) is 1.79. The minimum absolute atomic E-state index is 0.186. The van der Waals surface area contributed by atoms with Crippen molar-refractivity contribution in [1.82, 2.24) is 15.0 Å². The van der Waals surface area contributed by atoms with Crippen molar-refractivity contribution in [3.63, 3.8) is 0 Å². The zero-order valence-electron chi connectivity index (χ0n) is 7.81. The normalized spacial score (nSPS) is 9.93. The Labute approximate surface area is 86.2 Å². The van der Waals surface area contributed by atoms with Gasteiger partial charge in [0.05, 0.1) is 0 Å². The molecule has 75 valence electrons. The number of aromatic nitrogens is 3. The maximum absolute atomic E-state index is 12.6. The van der Waals surface area contributed by atoms with Gasteiger partial charge in [0.2, 0.25) is 12.3 Å². The molecule has 0 atom stereocenters. The second kappa shape index (κ2) is 4.45. The van der Waals surface area contributed by atoms with Gasteiger partial charge in [0, 0.05) is 6.54 Å². The predicted octanol–water partition coefficient (Wildman–Crippen LogP) is 1.42. The molecule has 4 nitrogen and oxygen atoms in total. The predicted molar refractivity (Wildman–Crippen MR) is 52.4 cm³/mol. The molecule has 0 aliphatic carbocycles. The summed E-state index contributed by atoms with van der Waals surface area (Å²) in [4.78, 5) is 10.3. The Hall–Kier alpha value is -2.04. The van der Waals surface area contributed by atoms with Gasteiger partial charge in [-0.3, -0.25) is 0 Å². The fourth-order valence-electron chi connectivity index (χ4n) is 1.11. The molecule has 0 bridgehead atoms. The van der Waals surface area contributed by atoms with E-state index in [1.54, 1.807) is 0 Å². The molecule has 1 N–H and O–H groups in total. The Morgan fingerprint density at radius 3 is 2.73 bits per heavy atom. The first-order valence-electron chi connectivity index (χ1n) is 4.40. The van der Waals surface area contributed by atoms with Crippen molar-refractivity contribution in [2.75, 3.05) is 5.32 Å². The zero-order chi connectivity index (χ0) is 10.5. The van der Waals surface area contributed by atoms with Crippen LogP contribution in [-0.4, -0.2) is 15.0 Å². The molecule has 0 spiro atoms. The largest absolute Gasteiger partial charge is 0.350 e. The minimum atomic E-state index is -0.833. The molecule has 0 saturated heterocycles. The van der Waals surface area contributed by atoms with Gasteiger partial charge >= 0.3 is 6.08 Å². The molecule has 1 radical (unpaired) electrons. The number of hydrogen-bond acceptors (Lipinski definition) is 4. The maximum atomic E-state index is 12.6. The summed E-state index contributed by atoms with van der Waals surface area (Å²) in [6, 6.07) is 9.69. The molecular weight excluding hydrogens is 195 g/mol. The Balaban J connectivity index is 1.99. The Kier molecular flexibility index (Phi) is 2.82. The third kappa shape index (κ3) is 2.70. The molecule has 15 heavy (non-hydrogen) atoms. The SMILES string of the molecule is Fc1n[c]nc(NCc2ccccc2)n1. The van der Waals surface area contributed by atoms with Crippen molar-refractivity contribution in [2.45, 2.75) is 6.54 Å². The molecule has 1 aromatic carbocycles. The summed E-state index contributed by atoms with van der Waals surface area (Å²) >= 11 is 0. The van der Waals surface area contributed by atoms with Crippen LogP contribution in [0.5, 0.6) is 0 Å². The van der Waals surface area contributed by atoms with Crippen molar-refractivity contribution in [2.24, 2.45) is 0 Å². The van der Waals surface area contributed by atoms with Crippen LogP contribution in [0.25, 0.3) is 0 Å². The summed E-state index contributed by atoms with van der Waals surface area (Å²) in [5.41, 5.74) is 1.07. The smallest absolute Gasteiger partial charge is 0.314 e. The van der Waals surface area contributed by atoms with Gasteiger partial charge in [0.15, 0.2) is 0 Å². The first-order chi connectivity index (χ1) is 7.34. The lowest BCUT2D eigenvalue weighted by molar-refractivity contribution is 0.532. The second-order valence-electron chi connectivity index (χ2n) is 2.87. The van der Waals surface area contributed by atoms with E-state index >= 15 is 0 Å². The molecule has 2 aromatic rings. The van der Waals surface area contributed by atoms with E-state index in [-0.39, 0.29) is 5.95 Å². The van der Waals surface area contributed by atoms with E-state index in [9.17, 15) is 4.39 Å². The third-order valence-corrected chi connectivity index (χ3v) is 1.79. The van der Waals surface area contributed by atoms with Crippen LogP contribution in [0, 0.1) is 12.4 Å². The van der Waals surface area contributed by atoms with E-state index in [2.05, 4.69) is 26.6 Å². The van der Waals surface area contributed by atoms with Gasteiger partial charge in [0.1, 0.15) is 0 Å². The van der Waals surface area contributed by atoms with Crippen molar-refractivity contribution < 1.29 is 4.39 Å². The highest BCUT2D eigenvalue weighted by molar-refractivity contribution is 5.25. The lowest BCUT2D eigenvalue weighted by atomic mass is 10.2. The van der Waals surface area contributed by atoms with Crippen molar-refractivity contribution in [3.05, 3.63) is 48.3 Å². The molecule has 5 heteroatoms. The fraction of sp³-hybridized carbons (Fsp3) is 0.100. The lowest BCUT2D eigenvalue weighted by Crippen LogP contribution is -2.05. The van der Waals surface area contributed by atoms with E-state index < -0.39 is 6.08 Å². The number of nitrogens with one attached hydrogen (secondary N) is 1. The Morgan fingerprint density at radius 2 is 2.00 bits per heavy atom. The zero-order valence-corrected chi connectivity index (χ0v) is 7.81. The summed E-state index contributed by atoms with van der Waals surface area (Å²) in [5, 5.41) is 2.87. The number of halogens is 1. The molecule has 0 aliphatic rings. The van der Waals surface area contributed by atoms with Crippen LogP contribution in [0.1, 0.15) is 5.56 Å². The van der Waals surface area contributed by atoms with Crippen LogP contribution in [0.15, 0.2) is 30.3 Å². The molecule has 2 rings (SSSR count). The van der Waals surface area contributed by atoms with E-state index in [4.69, 9.17) is 0 Å². The molecule has 1 heterocycles. The number of hydrogen-bond donors (Lipinski definition) is 1. The topological polar surface area (TPSA) is 50.7 Å². The first kappa shape index (κ1) is 9.51. The molecule has 0 aliphatic heterocycles. The fourth-order valence-corrected chi connectivity index (χ4v) is 1.11. The standard InChI is InChI=1S/C10H8FN4/c11-9-13-7-14-10(15-9)12-6-8-4-2-1-3-5-8/h1-5H,6H2,(H,12,13,14,15). The second-order valence-corrected chi connectivity index (χ2v) is 2.87. The number of nitrogens with zero attached hydrogens (tertiary/aromatic N) is 3. The van der Waals surface area contributed by atoms with Gasteiger partial charge in [-0.25, -0.2) is 0 Å². The molecule has 0 amide bonds. The van der Waals surface area contributed by atoms with Gasteiger partial charge in [-0.1, -0.05) is 30.3 Å². The highest BCUT2D eigenvalue weighted by Crippen LogP contribution is 2.02. The Bertz CT molecular complexity index is 432. The molecule has 0 unspecified atom stereocenters.